The Morgan fingerprint density at radius 1 is 1.09 bits per heavy atom. The van der Waals surface area contributed by atoms with Crippen LogP contribution in [0.2, 0.25) is 0 Å². The fourth-order valence-corrected chi connectivity index (χ4v) is 3.04. The second kappa shape index (κ2) is 10.8. The van der Waals surface area contributed by atoms with Crippen molar-refractivity contribution in [2.75, 3.05) is 32.6 Å². The molecule has 0 saturated carbocycles. The van der Waals surface area contributed by atoms with Crippen LogP contribution in [0.25, 0.3) is 11.3 Å². The zero-order chi connectivity index (χ0) is 24.0. The lowest BCUT2D eigenvalue weighted by Gasteiger charge is -2.11. The summed E-state index contributed by atoms with van der Waals surface area (Å²) in [5, 5.41) is 6.76. The second-order valence-electron chi connectivity index (χ2n) is 7.59. The third-order valence-corrected chi connectivity index (χ3v) is 4.63. The van der Waals surface area contributed by atoms with E-state index in [1.807, 2.05) is 19.0 Å². The SMILES string of the molecule is CN(C)CCCOC(=O)Nc1cccc(Cn2nc(-c3cc(F)c(F)c(F)c3)ccc2=O)c1. The number of nitrogens with one attached hydrogen (secondary N) is 1. The summed E-state index contributed by atoms with van der Waals surface area (Å²) < 4.78 is 46.6. The Labute approximate surface area is 188 Å². The zero-order valence-electron chi connectivity index (χ0n) is 18.1. The molecule has 0 saturated heterocycles. The average molecular weight is 460 g/mol. The molecule has 3 rings (SSSR count). The highest BCUT2D eigenvalue weighted by atomic mass is 19.2. The molecule has 1 amide bonds. The van der Waals surface area contributed by atoms with Gasteiger partial charge in [0.15, 0.2) is 17.5 Å². The van der Waals surface area contributed by atoms with Crippen molar-refractivity contribution in [1.29, 1.82) is 0 Å². The van der Waals surface area contributed by atoms with Crippen LogP contribution in [-0.2, 0) is 11.3 Å². The first-order chi connectivity index (χ1) is 15.7. The molecule has 10 heteroatoms. The number of halogens is 3. The number of carbonyl (C=O) groups is 1. The van der Waals surface area contributed by atoms with Crippen molar-refractivity contribution in [2.24, 2.45) is 0 Å². The molecule has 1 aromatic heterocycles. The van der Waals surface area contributed by atoms with Crippen molar-refractivity contribution in [1.82, 2.24) is 14.7 Å². The molecule has 7 nitrogen and oxygen atoms in total. The molecule has 0 radical (unpaired) electrons. The molecule has 0 aliphatic rings. The minimum absolute atomic E-state index is 0.00687. The summed E-state index contributed by atoms with van der Waals surface area (Å²) in [5.41, 5.74) is 0.761. The summed E-state index contributed by atoms with van der Waals surface area (Å²) in [6.07, 6.45) is 0.108. The third kappa shape index (κ3) is 6.66. The number of rotatable bonds is 8. The van der Waals surface area contributed by atoms with Gasteiger partial charge in [0.1, 0.15) is 0 Å². The van der Waals surface area contributed by atoms with Crippen molar-refractivity contribution >= 4 is 11.8 Å². The number of hydrogen-bond donors (Lipinski definition) is 1. The monoisotopic (exact) mass is 460 g/mol. The summed E-state index contributed by atoms with van der Waals surface area (Å²) >= 11 is 0. The summed E-state index contributed by atoms with van der Waals surface area (Å²) in [5.74, 6) is -4.28. The molecule has 0 aliphatic carbocycles. The maximum absolute atomic E-state index is 13.6. The summed E-state index contributed by atoms with van der Waals surface area (Å²) in [6, 6.07) is 10.9. The molecule has 2 aromatic carbocycles. The quantitative estimate of drug-likeness (QED) is 0.408. The third-order valence-electron chi connectivity index (χ3n) is 4.63. The first-order valence-corrected chi connectivity index (χ1v) is 10.1. The second-order valence-corrected chi connectivity index (χ2v) is 7.59. The van der Waals surface area contributed by atoms with Crippen LogP contribution in [0, 0.1) is 17.5 Å². The van der Waals surface area contributed by atoms with Crippen LogP contribution in [0.3, 0.4) is 0 Å². The Morgan fingerprint density at radius 2 is 1.82 bits per heavy atom. The van der Waals surface area contributed by atoms with Gasteiger partial charge in [-0.05, 0) is 56.4 Å². The lowest BCUT2D eigenvalue weighted by Crippen LogP contribution is -2.23. The molecular formula is C23H23F3N4O3. The minimum Gasteiger partial charge on any atom is -0.449 e. The maximum Gasteiger partial charge on any atom is 0.411 e. The molecule has 1 heterocycles. The molecule has 0 aliphatic heterocycles. The van der Waals surface area contributed by atoms with Crippen molar-refractivity contribution in [3.63, 3.8) is 0 Å². The van der Waals surface area contributed by atoms with Gasteiger partial charge in [-0.1, -0.05) is 12.1 Å². The number of hydrogen-bond acceptors (Lipinski definition) is 5. The van der Waals surface area contributed by atoms with Gasteiger partial charge in [0, 0.05) is 23.9 Å². The molecule has 0 fully saturated rings. The van der Waals surface area contributed by atoms with Gasteiger partial charge in [-0.3, -0.25) is 10.1 Å². The smallest absolute Gasteiger partial charge is 0.411 e. The van der Waals surface area contributed by atoms with Gasteiger partial charge < -0.3 is 9.64 Å². The predicted octanol–water partition coefficient (Wildman–Crippen LogP) is 3.88. The fraction of sp³-hybridized carbons (Fsp3) is 0.261. The zero-order valence-corrected chi connectivity index (χ0v) is 18.1. The van der Waals surface area contributed by atoms with Crippen molar-refractivity contribution < 1.29 is 22.7 Å². The Kier molecular flexibility index (Phi) is 7.83. The number of carbonyl (C=O) groups excluding carboxylic acids is 1. The lowest BCUT2D eigenvalue weighted by molar-refractivity contribution is 0.156. The van der Waals surface area contributed by atoms with E-state index in [4.69, 9.17) is 4.74 Å². The highest BCUT2D eigenvalue weighted by Gasteiger charge is 2.13. The van der Waals surface area contributed by atoms with Crippen molar-refractivity contribution in [2.45, 2.75) is 13.0 Å². The van der Waals surface area contributed by atoms with E-state index in [0.717, 1.165) is 23.4 Å². The molecule has 33 heavy (non-hydrogen) atoms. The molecule has 1 N–H and O–H groups in total. The van der Waals surface area contributed by atoms with Gasteiger partial charge in [0.25, 0.3) is 5.56 Å². The molecule has 0 bridgehead atoms. The first-order valence-electron chi connectivity index (χ1n) is 10.1. The van der Waals surface area contributed by atoms with Crippen LogP contribution in [0.4, 0.5) is 23.7 Å². The number of benzene rings is 2. The highest BCUT2D eigenvalue weighted by molar-refractivity contribution is 5.84. The Bertz CT molecular complexity index is 1170. The largest absolute Gasteiger partial charge is 0.449 e. The number of anilines is 1. The number of amides is 1. The van der Waals surface area contributed by atoms with E-state index in [0.29, 0.717) is 17.7 Å². The Balaban J connectivity index is 1.72. The molecular weight excluding hydrogens is 437 g/mol. The van der Waals surface area contributed by atoms with Crippen LogP contribution >= 0.6 is 0 Å². The molecule has 174 valence electrons. The summed E-state index contributed by atoms with van der Waals surface area (Å²) in [6.45, 7) is 1.10. The van der Waals surface area contributed by atoms with Crippen LogP contribution in [0.1, 0.15) is 12.0 Å². The van der Waals surface area contributed by atoms with E-state index >= 15 is 0 Å². The van der Waals surface area contributed by atoms with Gasteiger partial charge in [-0.2, -0.15) is 5.10 Å². The maximum atomic E-state index is 13.6. The average Bonchev–Trinajstić information content (AvgIpc) is 2.76. The van der Waals surface area contributed by atoms with Crippen LogP contribution in [0.5, 0.6) is 0 Å². The standard InChI is InChI=1S/C23H23F3N4O3/c1-29(2)9-4-10-33-23(32)27-17-6-3-5-15(11-17)14-30-21(31)8-7-20(28-30)16-12-18(24)22(26)19(25)13-16/h3,5-8,11-13H,4,9-10,14H2,1-2H3,(H,27,32). The van der Waals surface area contributed by atoms with Gasteiger partial charge in [0.05, 0.1) is 18.8 Å². The van der Waals surface area contributed by atoms with Crippen molar-refractivity contribution in [3.8, 4) is 11.3 Å². The van der Waals surface area contributed by atoms with Gasteiger partial charge in [-0.25, -0.2) is 22.6 Å². The summed E-state index contributed by atoms with van der Waals surface area (Å²) in [7, 11) is 3.86. The van der Waals surface area contributed by atoms with E-state index in [9.17, 15) is 22.8 Å². The van der Waals surface area contributed by atoms with E-state index in [1.54, 1.807) is 24.3 Å². The van der Waals surface area contributed by atoms with Crippen LogP contribution in [-0.4, -0.2) is 48.0 Å². The van der Waals surface area contributed by atoms with E-state index in [2.05, 4.69) is 10.4 Å². The number of aromatic nitrogens is 2. The topological polar surface area (TPSA) is 76.5 Å². The van der Waals surface area contributed by atoms with Crippen molar-refractivity contribution in [3.05, 3.63) is 81.9 Å². The predicted molar refractivity (Wildman–Crippen MR) is 117 cm³/mol. The van der Waals surface area contributed by atoms with E-state index in [-0.39, 0.29) is 24.4 Å². The highest BCUT2D eigenvalue weighted by Crippen LogP contribution is 2.21. The van der Waals surface area contributed by atoms with Crippen LogP contribution in [0.15, 0.2) is 53.3 Å². The lowest BCUT2D eigenvalue weighted by atomic mass is 10.1. The van der Waals surface area contributed by atoms with Gasteiger partial charge >= 0.3 is 6.09 Å². The first kappa shape index (κ1) is 24.0. The Hall–Kier alpha value is -3.66. The van der Waals surface area contributed by atoms with Gasteiger partial charge in [-0.15, -0.1) is 0 Å². The molecule has 3 aromatic rings. The number of nitrogens with zero attached hydrogens (tertiary/aromatic N) is 3. The normalized spacial score (nSPS) is 11.0. The Morgan fingerprint density at radius 3 is 2.52 bits per heavy atom. The fourth-order valence-electron chi connectivity index (χ4n) is 3.04. The van der Waals surface area contributed by atoms with Crippen LogP contribution < -0.4 is 10.9 Å². The molecule has 0 atom stereocenters. The molecule has 0 unspecified atom stereocenters. The number of ether oxygens (including phenoxy) is 1. The summed E-state index contributed by atoms with van der Waals surface area (Å²) in [4.78, 5) is 26.2. The van der Waals surface area contributed by atoms with E-state index in [1.165, 1.54) is 12.1 Å². The molecule has 0 spiro atoms. The minimum atomic E-state index is -1.58. The van der Waals surface area contributed by atoms with Gasteiger partial charge in [0.2, 0.25) is 0 Å². The van der Waals surface area contributed by atoms with E-state index < -0.39 is 29.1 Å².